The lowest BCUT2D eigenvalue weighted by Crippen LogP contribution is -2.16. The number of rotatable bonds is 4. The third-order valence-corrected chi connectivity index (χ3v) is 6.88. The summed E-state index contributed by atoms with van der Waals surface area (Å²) in [7, 11) is 0. The summed E-state index contributed by atoms with van der Waals surface area (Å²) >= 11 is 1.64. The summed E-state index contributed by atoms with van der Waals surface area (Å²) in [5.74, 6) is 0.919. The number of aromatic nitrogens is 3. The van der Waals surface area contributed by atoms with Gasteiger partial charge in [0.1, 0.15) is 17.2 Å². The highest BCUT2D eigenvalue weighted by molar-refractivity contribution is 7.17. The number of thiophene rings is 1. The van der Waals surface area contributed by atoms with E-state index in [0.29, 0.717) is 17.9 Å². The molecule has 166 valence electrons. The monoisotopic (exact) mass is 465 g/mol. The molecule has 0 atom stereocenters. The minimum atomic E-state index is -0.183. The topological polar surface area (TPSA) is 91.1 Å². The molecule has 0 unspecified atom stereocenters. The summed E-state index contributed by atoms with van der Waals surface area (Å²) in [5.41, 5.74) is 4.46. The highest BCUT2D eigenvalue weighted by Gasteiger charge is 2.22. The lowest BCUT2D eigenvalue weighted by atomic mass is 10.1. The van der Waals surface area contributed by atoms with Crippen LogP contribution >= 0.6 is 11.3 Å². The largest absolute Gasteiger partial charge is 0.508 e. The summed E-state index contributed by atoms with van der Waals surface area (Å²) < 4.78 is 2.74. The van der Waals surface area contributed by atoms with Crippen molar-refractivity contribution in [2.24, 2.45) is 0 Å². The van der Waals surface area contributed by atoms with Crippen molar-refractivity contribution in [3.05, 3.63) is 106 Å². The Morgan fingerprint density at radius 1 is 0.912 bits per heavy atom. The number of hydrogen-bond acceptors (Lipinski definition) is 5. The van der Waals surface area contributed by atoms with Crippen molar-refractivity contribution >= 4 is 21.4 Å². The van der Waals surface area contributed by atoms with E-state index >= 15 is 0 Å². The number of hydrogen-bond donors (Lipinski definition) is 3. The molecule has 1 aromatic heterocycles. The van der Waals surface area contributed by atoms with Gasteiger partial charge in [0.05, 0.1) is 11.4 Å². The van der Waals surface area contributed by atoms with Gasteiger partial charge in [0.15, 0.2) is 5.82 Å². The van der Waals surface area contributed by atoms with Crippen LogP contribution in [-0.2, 0) is 6.42 Å². The molecule has 0 saturated carbocycles. The number of benzene rings is 3. The molecule has 0 amide bonds. The quantitative estimate of drug-likeness (QED) is 0.318. The molecule has 0 aliphatic carbocycles. The predicted octanol–water partition coefficient (Wildman–Crippen LogP) is 5.55. The van der Waals surface area contributed by atoms with Crippen LogP contribution < -0.4 is 5.56 Å². The maximum Gasteiger partial charge on any atom is 0.278 e. The number of imidazole rings is 1. The van der Waals surface area contributed by atoms with Gasteiger partial charge in [-0.25, -0.2) is 4.98 Å². The van der Waals surface area contributed by atoms with Gasteiger partial charge < -0.3 is 15.2 Å². The minimum absolute atomic E-state index is 0.178. The fraction of sp³-hybridized carbons (Fsp3) is 0.0370. The summed E-state index contributed by atoms with van der Waals surface area (Å²) in [4.78, 5) is 21.7. The number of fused-ring (bicyclic) bond motifs is 2. The van der Waals surface area contributed by atoms with Crippen molar-refractivity contribution in [3.8, 4) is 39.8 Å². The summed E-state index contributed by atoms with van der Waals surface area (Å²) in [5, 5.41) is 22.5. The second-order valence-electron chi connectivity index (χ2n) is 8.14. The Hall–Kier alpha value is -4.36. The summed E-state index contributed by atoms with van der Waals surface area (Å²) in [6.45, 7) is 0. The fourth-order valence-corrected chi connectivity index (χ4v) is 5.13. The molecule has 0 bridgehead atoms. The normalized spacial score (nSPS) is 11.4. The lowest BCUT2D eigenvalue weighted by Gasteiger charge is -2.13. The number of nitrogens with zero attached hydrogens (tertiary/aromatic N) is 2. The molecule has 6 rings (SSSR count). The smallest absolute Gasteiger partial charge is 0.278 e. The van der Waals surface area contributed by atoms with Crippen molar-refractivity contribution in [1.29, 1.82) is 0 Å². The summed E-state index contributed by atoms with van der Waals surface area (Å²) in [6, 6.07) is 21.8. The van der Waals surface area contributed by atoms with Crippen molar-refractivity contribution in [2.75, 3.05) is 0 Å². The zero-order chi connectivity index (χ0) is 23.2. The van der Waals surface area contributed by atoms with Gasteiger partial charge in [-0.2, -0.15) is 0 Å². The SMILES string of the molecule is O=c1c(Cc2ccc(O)cc2)nc2c(-c3csc4ccccc34)[nH]c(-c3ccc(O)cc3)cn1-2. The predicted molar refractivity (Wildman–Crippen MR) is 134 cm³/mol. The lowest BCUT2D eigenvalue weighted by molar-refractivity contribution is 0.474. The van der Waals surface area contributed by atoms with Crippen LogP contribution in [0.1, 0.15) is 11.3 Å². The third-order valence-electron chi connectivity index (χ3n) is 5.91. The molecule has 2 aliphatic heterocycles. The number of aromatic amines is 1. The molecule has 0 fully saturated rings. The Labute approximate surface area is 198 Å². The Balaban J connectivity index is 1.58. The second-order valence-corrected chi connectivity index (χ2v) is 9.05. The standard InChI is InChI=1S/C27H19N3O3S/c31-18-9-5-16(6-10-18)13-22-27(33)30-14-23(17-7-11-19(32)12-8-17)28-25(26(30)29-22)21-15-34-24-4-2-1-3-20(21)24/h1-12,14-15,28,31-32H,13H2. The van der Waals surface area contributed by atoms with Crippen LogP contribution in [0, 0.1) is 0 Å². The van der Waals surface area contributed by atoms with Crippen LogP contribution in [0.2, 0.25) is 0 Å². The molecule has 6 nitrogen and oxygen atoms in total. The van der Waals surface area contributed by atoms with Crippen LogP contribution in [0.15, 0.2) is 89.2 Å². The van der Waals surface area contributed by atoms with Gasteiger partial charge in [-0.05, 0) is 53.6 Å². The molecule has 0 spiro atoms. The molecule has 3 heterocycles. The minimum Gasteiger partial charge on any atom is -0.508 e. The second kappa shape index (κ2) is 7.90. The molecule has 0 radical (unpaired) electrons. The van der Waals surface area contributed by atoms with Gasteiger partial charge >= 0.3 is 0 Å². The molecular formula is C27H19N3O3S. The average molecular weight is 466 g/mol. The van der Waals surface area contributed by atoms with E-state index < -0.39 is 0 Å². The van der Waals surface area contributed by atoms with Crippen LogP contribution in [-0.4, -0.2) is 24.7 Å². The Morgan fingerprint density at radius 3 is 2.38 bits per heavy atom. The molecule has 4 aromatic rings. The molecule has 7 heteroatoms. The molecule has 3 aromatic carbocycles. The highest BCUT2D eigenvalue weighted by Crippen LogP contribution is 2.37. The van der Waals surface area contributed by atoms with Crippen molar-refractivity contribution < 1.29 is 10.2 Å². The van der Waals surface area contributed by atoms with Gasteiger partial charge in [-0.3, -0.25) is 9.36 Å². The van der Waals surface area contributed by atoms with Gasteiger partial charge in [0, 0.05) is 33.6 Å². The molecule has 3 N–H and O–H groups in total. The average Bonchev–Trinajstić information content (AvgIpc) is 3.42. The zero-order valence-electron chi connectivity index (χ0n) is 17.9. The highest BCUT2D eigenvalue weighted by atomic mass is 32.1. The van der Waals surface area contributed by atoms with E-state index in [1.165, 1.54) is 0 Å². The molecule has 0 saturated heterocycles. The Bertz CT molecular complexity index is 1660. The molecule has 34 heavy (non-hydrogen) atoms. The zero-order valence-corrected chi connectivity index (χ0v) is 18.7. The van der Waals surface area contributed by atoms with Crippen LogP contribution in [0.5, 0.6) is 11.5 Å². The van der Waals surface area contributed by atoms with Gasteiger partial charge in [0.25, 0.3) is 5.56 Å². The van der Waals surface area contributed by atoms with Crippen molar-refractivity contribution in [1.82, 2.24) is 14.5 Å². The first-order chi connectivity index (χ1) is 16.6. The van der Waals surface area contributed by atoms with Crippen molar-refractivity contribution in [2.45, 2.75) is 6.42 Å². The van der Waals surface area contributed by atoms with Crippen LogP contribution in [0.3, 0.4) is 0 Å². The van der Waals surface area contributed by atoms with Crippen LogP contribution in [0.25, 0.3) is 38.4 Å². The number of nitrogens with one attached hydrogen (secondary N) is 1. The fourth-order valence-electron chi connectivity index (χ4n) is 4.18. The Kier molecular flexibility index (Phi) is 4.71. The van der Waals surface area contributed by atoms with Gasteiger partial charge in [-0.1, -0.05) is 30.3 Å². The van der Waals surface area contributed by atoms with Crippen molar-refractivity contribution in [3.63, 3.8) is 0 Å². The maximum absolute atomic E-state index is 13.4. The number of H-pyrrole nitrogens is 1. The maximum atomic E-state index is 13.4. The summed E-state index contributed by atoms with van der Waals surface area (Å²) in [6.07, 6.45) is 2.12. The van der Waals surface area contributed by atoms with E-state index in [0.717, 1.165) is 38.2 Å². The van der Waals surface area contributed by atoms with E-state index in [1.807, 2.05) is 12.1 Å². The Morgan fingerprint density at radius 2 is 1.62 bits per heavy atom. The third kappa shape index (κ3) is 3.43. The molecular weight excluding hydrogens is 446 g/mol. The van der Waals surface area contributed by atoms with Gasteiger partial charge in [0.2, 0.25) is 0 Å². The van der Waals surface area contributed by atoms with Gasteiger partial charge in [-0.15, -0.1) is 11.3 Å². The van der Waals surface area contributed by atoms with E-state index in [1.54, 1.807) is 70.6 Å². The first-order valence-corrected chi connectivity index (χ1v) is 11.6. The van der Waals surface area contributed by atoms with E-state index in [2.05, 4.69) is 22.5 Å². The number of aromatic hydroxyl groups is 2. The first-order valence-electron chi connectivity index (χ1n) is 10.7. The van der Waals surface area contributed by atoms with E-state index in [-0.39, 0.29) is 17.1 Å². The number of phenols is 2. The van der Waals surface area contributed by atoms with E-state index in [9.17, 15) is 15.0 Å². The number of phenolic OH excluding ortho intramolecular Hbond substituents is 2. The van der Waals surface area contributed by atoms with E-state index in [4.69, 9.17) is 4.98 Å². The van der Waals surface area contributed by atoms with Crippen LogP contribution in [0.4, 0.5) is 0 Å². The first kappa shape index (κ1) is 20.3. The molecule has 2 aliphatic rings.